The summed E-state index contributed by atoms with van der Waals surface area (Å²) in [4.78, 5) is 2.47. The normalized spacial score (nSPS) is 36.0. The number of piperidine rings is 1. The lowest BCUT2D eigenvalue weighted by atomic mass is 9.92. The molecule has 2 heteroatoms. The summed E-state index contributed by atoms with van der Waals surface area (Å²) in [6.45, 7) is 2.68. The fraction of sp³-hybridized carbons (Fsp3) is 1.00. The van der Waals surface area contributed by atoms with Crippen molar-refractivity contribution in [1.82, 2.24) is 4.90 Å². The van der Waals surface area contributed by atoms with Gasteiger partial charge >= 0.3 is 0 Å². The standard InChI is InChI=1S/C9H16IN/c1-11-4-2-9(3-5-11)6-8(9)7-10/h8H,2-7H2,1H3. The molecule has 1 saturated heterocycles. The molecule has 1 nitrogen and oxygen atoms in total. The molecule has 0 aromatic carbocycles. The molecule has 11 heavy (non-hydrogen) atoms. The number of halogens is 1. The van der Waals surface area contributed by atoms with Crippen molar-refractivity contribution in [3.05, 3.63) is 0 Å². The van der Waals surface area contributed by atoms with Crippen LogP contribution in [0.25, 0.3) is 0 Å². The first-order valence-corrected chi connectivity index (χ1v) is 6.04. The smallest absolute Gasteiger partial charge is 0.00292 e. The van der Waals surface area contributed by atoms with Crippen LogP contribution in [0.15, 0.2) is 0 Å². The first-order chi connectivity index (χ1) is 5.27. The van der Waals surface area contributed by atoms with Crippen LogP contribution in [0, 0.1) is 11.3 Å². The van der Waals surface area contributed by atoms with Crippen molar-refractivity contribution >= 4 is 22.6 Å². The van der Waals surface area contributed by atoms with Gasteiger partial charge in [0.25, 0.3) is 0 Å². The second-order valence-corrected chi connectivity index (χ2v) is 5.10. The molecule has 1 spiro atoms. The molecule has 0 amide bonds. The summed E-state index contributed by atoms with van der Waals surface area (Å²) in [5.74, 6) is 1.08. The van der Waals surface area contributed by atoms with Crippen LogP contribution in [0.2, 0.25) is 0 Å². The van der Waals surface area contributed by atoms with Crippen molar-refractivity contribution < 1.29 is 0 Å². The van der Waals surface area contributed by atoms with Crippen LogP contribution in [-0.4, -0.2) is 29.5 Å². The number of nitrogens with zero attached hydrogens (tertiary/aromatic N) is 1. The van der Waals surface area contributed by atoms with E-state index in [9.17, 15) is 0 Å². The fourth-order valence-electron chi connectivity index (χ4n) is 2.33. The quantitative estimate of drug-likeness (QED) is 0.518. The highest BCUT2D eigenvalue weighted by Gasteiger charge is 2.53. The summed E-state index contributed by atoms with van der Waals surface area (Å²) >= 11 is 2.54. The Morgan fingerprint density at radius 3 is 2.55 bits per heavy atom. The third-order valence-corrected chi connectivity index (χ3v) is 4.59. The highest BCUT2D eigenvalue weighted by Crippen LogP contribution is 2.59. The molecule has 0 aromatic heterocycles. The molecule has 0 radical (unpaired) electrons. The first-order valence-electron chi connectivity index (χ1n) is 4.51. The van der Waals surface area contributed by atoms with Gasteiger partial charge in [0.1, 0.15) is 0 Å². The lowest BCUT2D eigenvalue weighted by Crippen LogP contribution is -2.32. The number of alkyl halides is 1. The number of likely N-dealkylation sites (tertiary alicyclic amines) is 1. The maximum absolute atomic E-state index is 2.54. The molecule has 1 heterocycles. The zero-order valence-corrected chi connectivity index (χ0v) is 9.30. The van der Waals surface area contributed by atoms with E-state index in [0.29, 0.717) is 0 Å². The topological polar surface area (TPSA) is 3.24 Å². The van der Waals surface area contributed by atoms with Crippen LogP contribution in [0.3, 0.4) is 0 Å². The Balaban J connectivity index is 1.89. The summed E-state index contributed by atoms with van der Waals surface area (Å²) < 4.78 is 1.39. The molecule has 64 valence electrons. The second kappa shape index (κ2) is 2.87. The molecule has 2 fully saturated rings. The van der Waals surface area contributed by atoms with Gasteiger partial charge in [0.15, 0.2) is 0 Å². The van der Waals surface area contributed by atoms with Gasteiger partial charge in [-0.15, -0.1) is 0 Å². The molecule has 2 rings (SSSR count). The van der Waals surface area contributed by atoms with Crippen LogP contribution < -0.4 is 0 Å². The Labute approximate surface area is 82.7 Å². The maximum Gasteiger partial charge on any atom is 0.00292 e. The van der Waals surface area contributed by atoms with E-state index in [0.717, 1.165) is 11.3 Å². The van der Waals surface area contributed by atoms with Gasteiger partial charge in [-0.2, -0.15) is 0 Å². The van der Waals surface area contributed by atoms with Crippen molar-refractivity contribution in [2.75, 3.05) is 24.6 Å². The van der Waals surface area contributed by atoms with E-state index in [1.54, 1.807) is 0 Å². The Morgan fingerprint density at radius 1 is 1.45 bits per heavy atom. The SMILES string of the molecule is CN1CCC2(CC1)CC2CI. The van der Waals surface area contributed by atoms with Crippen molar-refractivity contribution in [3.8, 4) is 0 Å². The molecule has 0 bridgehead atoms. The second-order valence-electron chi connectivity index (χ2n) is 4.22. The first kappa shape index (κ1) is 8.30. The number of rotatable bonds is 1. The largest absolute Gasteiger partial charge is 0.306 e. The highest BCUT2D eigenvalue weighted by atomic mass is 127. The highest BCUT2D eigenvalue weighted by molar-refractivity contribution is 14.1. The minimum atomic E-state index is 0.827. The van der Waals surface area contributed by atoms with Gasteiger partial charge in [0.05, 0.1) is 0 Å². The predicted octanol–water partition coefficient (Wildman–Crippen LogP) is 2.15. The summed E-state index contributed by atoms with van der Waals surface area (Å²) in [7, 11) is 2.24. The third-order valence-electron chi connectivity index (χ3n) is 3.53. The molecule has 0 aromatic rings. The van der Waals surface area contributed by atoms with E-state index >= 15 is 0 Å². The summed E-state index contributed by atoms with van der Waals surface area (Å²) in [5.41, 5.74) is 0.827. The monoisotopic (exact) mass is 265 g/mol. The van der Waals surface area contributed by atoms with Crippen molar-refractivity contribution in [2.24, 2.45) is 11.3 Å². The molecule has 2 aliphatic rings. The van der Waals surface area contributed by atoms with Gasteiger partial charge in [-0.05, 0) is 50.7 Å². The van der Waals surface area contributed by atoms with Crippen molar-refractivity contribution in [3.63, 3.8) is 0 Å². The molecule has 1 aliphatic heterocycles. The molecule has 0 N–H and O–H groups in total. The van der Waals surface area contributed by atoms with Gasteiger partial charge in [-0.25, -0.2) is 0 Å². The Bertz CT molecular complexity index is 150. The molecular formula is C9H16IN. The van der Waals surface area contributed by atoms with E-state index < -0.39 is 0 Å². The van der Waals surface area contributed by atoms with Crippen LogP contribution in [0.1, 0.15) is 19.3 Å². The average Bonchev–Trinajstić information content (AvgIpc) is 2.71. The summed E-state index contributed by atoms with van der Waals surface area (Å²) in [6, 6.07) is 0. The Hall–Kier alpha value is 0.690. The van der Waals surface area contributed by atoms with Gasteiger partial charge in [-0.1, -0.05) is 22.6 Å². The third kappa shape index (κ3) is 1.44. The average molecular weight is 265 g/mol. The van der Waals surface area contributed by atoms with Crippen LogP contribution in [-0.2, 0) is 0 Å². The van der Waals surface area contributed by atoms with E-state index in [1.807, 2.05) is 0 Å². The van der Waals surface area contributed by atoms with E-state index in [-0.39, 0.29) is 0 Å². The van der Waals surface area contributed by atoms with Crippen LogP contribution >= 0.6 is 22.6 Å². The van der Waals surface area contributed by atoms with Crippen molar-refractivity contribution in [2.45, 2.75) is 19.3 Å². The molecule has 1 aliphatic carbocycles. The fourth-order valence-corrected chi connectivity index (χ4v) is 3.57. The number of hydrogen-bond donors (Lipinski definition) is 0. The maximum atomic E-state index is 2.54. The van der Waals surface area contributed by atoms with Gasteiger partial charge in [0, 0.05) is 4.43 Å². The summed E-state index contributed by atoms with van der Waals surface area (Å²) in [6.07, 6.45) is 4.47. The summed E-state index contributed by atoms with van der Waals surface area (Å²) in [5, 5.41) is 0. The molecular weight excluding hydrogens is 249 g/mol. The van der Waals surface area contributed by atoms with E-state index in [2.05, 4.69) is 34.5 Å². The lowest BCUT2D eigenvalue weighted by Gasteiger charge is -2.29. The number of hydrogen-bond acceptors (Lipinski definition) is 1. The van der Waals surface area contributed by atoms with Gasteiger partial charge in [0.2, 0.25) is 0 Å². The zero-order chi connectivity index (χ0) is 7.90. The molecule has 1 saturated carbocycles. The van der Waals surface area contributed by atoms with Gasteiger partial charge < -0.3 is 4.90 Å². The Kier molecular flexibility index (Phi) is 2.17. The van der Waals surface area contributed by atoms with E-state index in [4.69, 9.17) is 0 Å². The lowest BCUT2D eigenvalue weighted by molar-refractivity contribution is 0.196. The van der Waals surface area contributed by atoms with Crippen molar-refractivity contribution in [1.29, 1.82) is 0 Å². The Morgan fingerprint density at radius 2 is 2.09 bits per heavy atom. The zero-order valence-electron chi connectivity index (χ0n) is 7.15. The molecule has 1 atom stereocenters. The van der Waals surface area contributed by atoms with Gasteiger partial charge in [-0.3, -0.25) is 0 Å². The minimum Gasteiger partial charge on any atom is -0.306 e. The van der Waals surface area contributed by atoms with E-state index in [1.165, 1.54) is 36.8 Å². The van der Waals surface area contributed by atoms with Crippen LogP contribution in [0.4, 0.5) is 0 Å². The minimum absolute atomic E-state index is 0.827. The molecule has 1 unspecified atom stereocenters. The predicted molar refractivity (Wildman–Crippen MR) is 56.2 cm³/mol. The van der Waals surface area contributed by atoms with Crippen LogP contribution in [0.5, 0.6) is 0 Å².